The van der Waals surface area contributed by atoms with Crippen LogP contribution in [0.5, 0.6) is 17.2 Å². The molecule has 5 rings (SSSR count). The number of aliphatic hydroxyl groups excluding tert-OH is 1. The molecular formula is C30H27FN4O5S2. The summed E-state index contributed by atoms with van der Waals surface area (Å²) in [6, 6.07) is 17.8. The van der Waals surface area contributed by atoms with E-state index in [1.54, 1.807) is 36.0 Å². The number of benzene rings is 3. The van der Waals surface area contributed by atoms with Crippen LogP contribution < -0.4 is 25.4 Å². The number of amides is 2. The van der Waals surface area contributed by atoms with Crippen LogP contribution in [0.15, 0.2) is 72.9 Å². The minimum Gasteiger partial charge on any atom is -0.496 e. The maximum Gasteiger partial charge on any atom is 0.255 e. The van der Waals surface area contributed by atoms with Gasteiger partial charge in [-0.1, -0.05) is 30.3 Å². The number of carbonyl (C=O) groups is 2. The molecule has 3 aromatic carbocycles. The highest BCUT2D eigenvalue weighted by Gasteiger charge is 2.28. The van der Waals surface area contributed by atoms with Gasteiger partial charge in [0.05, 0.1) is 36.8 Å². The highest BCUT2D eigenvalue weighted by molar-refractivity contribution is 7.99. The molecule has 216 valence electrons. The van der Waals surface area contributed by atoms with Crippen LogP contribution in [0.3, 0.4) is 0 Å². The average molecular weight is 607 g/mol. The summed E-state index contributed by atoms with van der Waals surface area (Å²) in [7, 11) is 1.45. The molecule has 0 radical (unpaired) electrons. The van der Waals surface area contributed by atoms with Crippen LogP contribution in [-0.2, 0) is 11.2 Å². The normalized spacial score (nSPS) is 16.1. The number of thiocarbonyl (C=S) groups is 1. The number of fused-ring (bicyclic) bond motifs is 1. The Labute approximate surface area is 250 Å². The molecule has 9 nitrogen and oxygen atoms in total. The van der Waals surface area contributed by atoms with Gasteiger partial charge in [-0.2, -0.15) is 11.8 Å². The van der Waals surface area contributed by atoms with Gasteiger partial charge in [0, 0.05) is 40.9 Å². The van der Waals surface area contributed by atoms with Crippen molar-refractivity contribution in [3.05, 3.63) is 89.9 Å². The molecule has 1 aliphatic heterocycles. The third-order valence-corrected chi connectivity index (χ3v) is 7.88. The van der Waals surface area contributed by atoms with Crippen molar-refractivity contribution in [1.82, 2.24) is 15.6 Å². The molecule has 2 heterocycles. The van der Waals surface area contributed by atoms with Crippen LogP contribution in [-0.4, -0.2) is 57.8 Å². The number of pyridine rings is 1. The highest BCUT2D eigenvalue weighted by atomic mass is 32.2. The lowest BCUT2D eigenvalue weighted by molar-refractivity contribution is -0.119. The van der Waals surface area contributed by atoms with Crippen molar-refractivity contribution in [1.29, 1.82) is 0 Å². The number of anilines is 1. The van der Waals surface area contributed by atoms with Crippen molar-refractivity contribution in [2.45, 2.75) is 18.6 Å². The molecule has 42 heavy (non-hydrogen) atoms. The van der Waals surface area contributed by atoms with Gasteiger partial charge in [0.15, 0.2) is 16.7 Å². The van der Waals surface area contributed by atoms with E-state index in [9.17, 15) is 14.7 Å². The van der Waals surface area contributed by atoms with Gasteiger partial charge in [0.1, 0.15) is 11.5 Å². The Morgan fingerprint density at radius 3 is 2.60 bits per heavy atom. The Kier molecular flexibility index (Phi) is 9.15. The molecule has 1 aromatic heterocycles. The largest absolute Gasteiger partial charge is 0.496 e. The second-order valence-corrected chi connectivity index (χ2v) is 11.0. The minimum absolute atomic E-state index is 0.0348. The number of hydrogen-bond donors (Lipinski definition) is 4. The lowest BCUT2D eigenvalue weighted by Crippen LogP contribution is -2.42. The smallest absolute Gasteiger partial charge is 0.255 e. The zero-order valence-corrected chi connectivity index (χ0v) is 24.1. The molecule has 0 bridgehead atoms. The minimum atomic E-state index is -0.678. The van der Waals surface area contributed by atoms with Crippen LogP contribution >= 0.6 is 24.0 Å². The Bertz CT molecular complexity index is 1640. The Morgan fingerprint density at radius 2 is 1.88 bits per heavy atom. The van der Waals surface area contributed by atoms with E-state index < -0.39 is 17.8 Å². The molecule has 12 heteroatoms. The molecule has 0 spiro atoms. The summed E-state index contributed by atoms with van der Waals surface area (Å²) in [5.74, 6) is 0.275. The lowest BCUT2D eigenvalue weighted by Gasteiger charge is -2.18. The van der Waals surface area contributed by atoms with Gasteiger partial charge in [0.25, 0.3) is 5.91 Å². The average Bonchev–Trinajstić information content (AvgIpc) is 3.37. The van der Waals surface area contributed by atoms with E-state index in [4.69, 9.17) is 21.7 Å². The SMILES string of the molecule is COc1cc2nccc(Oc3ccc(NC(=S)NC(=O)Cc4ccccc4)cc3F)c2cc1C(=O)NC1CSCC1O. The van der Waals surface area contributed by atoms with E-state index in [1.807, 2.05) is 30.3 Å². The fourth-order valence-electron chi connectivity index (χ4n) is 4.40. The number of aliphatic hydroxyl groups is 1. The molecule has 4 aromatic rings. The van der Waals surface area contributed by atoms with Gasteiger partial charge >= 0.3 is 0 Å². The standard InChI is InChI=1S/C30H27FN4O5S2/c1-39-27-14-22-19(13-20(27)29(38)34-23-15-42-16-24(23)36)25(9-10-32-22)40-26-8-7-18(12-21(26)31)33-30(41)35-28(37)11-17-5-3-2-4-6-17/h2-10,12-14,23-24,36H,11,15-16H2,1H3,(H,34,38)(H2,33,35,37,41). The molecule has 1 fully saturated rings. The molecule has 1 aliphatic rings. The van der Waals surface area contributed by atoms with E-state index in [0.717, 1.165) is 5.56 Å². The summed E-state index contributed by atoms with van der Waals surface area (Å²) in [6.07, 6.45) is 1.03. The lowest BCUT2D eigenvalue weighted by atomic mass is 10.1. The molecule has 0 aliphatic carbocycles. The Balaban J connectivity index is 1.30. The number of methoxy groups -OCH3 is 1. The maximum absolute atomic E-state index is 15.1. The number of halogens is 1. The quantitative estimate of drug-likeness (QED) is 0.216. The van der Waals surface area contributed by atoms with E-state index in [2.05, 4.69) is 20.9 Å². The second kappa shape index (κ2) is 13.1. The summed E-state index contributed by atoms with van der Waals surface area (Å²) in [6.45, 7) is 0. The topological polar surface area (TPSA) is 122 Å². The van der Waals surface area contributed by atoms with Gasteiger partial charge < -0.3 is 30.5 Å². The number of nitrogens with one attached hydrogen (secondary N) is 3. The van der Waals surface area contributed by atoms with E-state index in [1.165, 1.54) is 25.4 Å². The van der Waals surface area contributed by atoms with Gasteiger partial charge in [-0.05, 0) is 42.0 Å². The molecule has 2 unspecified atom stereocenters. The first-order valence-corrected chi connectivity index (χ1v) is 14.5. The predicted molar refractivity (Wildman–Crippen MR) is 164 cm³/mol. The summed E-state index contributed by atoms with van der Waals surface area (Å²) in [4.78, 5) is 29.7. The van der Waals surface area contributed by atoms with Gasteiger partial charge in [-0.15, -0.1) is 0 Å². The van der Waals surface area contributed by atoms with Crippen LogP contribution in [0.25, 0.3) is 10.9 Å². The number of carbonyl (C=O) groups excluding carboxylic acids is 2. The van der Waals surface area contributed by atoms with E-state index in [-0.39, 0.29) is 40.5 Å². The second-order valence-electron chi connectivity index (χ2n) is 9.48. The maximum atomic E-state index is 15.1. The van der Waals surface area contributed by atoms with Gasteiger partial charge in [0.2, 0.25) is 5.91 Å². The first-order chi connectivity index (χ1) is 20.3. The van der Waals surface area contributed by atoms with Crippen LogP contribution in [0, 0.1) is 5.82 Å². The first kappa shape index (κ1) is 29.2. The molecular weight excluding hydrogens is 579 g/mol. The summed E-state index contributed by atoms with van der Waals surface area (Å²) in [5.41, 5.74) is 1.87. The number of nitrogens with zero attached hydrogens (tertiary/aromatic N) is 1. The first-order valence-electron chi connectivity index (χ1n) is 13.0. The summed E-state index contributed by atoms with van der Waals surface area (Å²) >= 11 is 6.77. The summed E-state index contributed by atoms with van der Waals surface area (Å²) < 4.78 is 26.4. The number of hydrogen-bond acceptors (Lipinski definition) is 8. The monoisotopic (exact) mass is 606 g/mol. The van der Waals surface area contributed by atoms with Crippen LogP contribution in [0.1, 0.15) is 15.9 Å². The van der Waals surface area contributed by atoms with Crippen LogP contribution in [0.2, 0.25) is 0 Å². The van der Waals surface area contributed by atoms with Crippen molar-refractivity contribution < 1.29 is 28.6 Å². The zero-order valence-electron chi connectivity index (χ0n) is 22.4. The molecule has 1 saturated heterocycles. The number of thioether (sulfide) groups is 1. The van der Waals surface area contributed by atoms with Gasteiger partial charge in [-0.3, -0.25) is 14.6 Å². The number of rotatable bonds is 8. The third kappa shape index (κ3) is 6.96. The molecule has 0 saturated carbocycles. The van der Waals surface area contributed by atoms with E-state index >= 15 is 4.39 Å². The van der Waals surface area contributed by atoms with Crippen molar-refractivity contribution in [2.75, 3.05) is 23.9 Å². The Hall–Kier alpha value is -4.26. The fourth-order valence-corrected chi connectivity index (χ4v) is 5.81. The zero-order chi connectivity index (χ0) is 29.6. The third-order valence-electron chi connectivity index (χ3n) is 6.50. The van der Waals surface area contributed by atoms with Crippen molar-refractivity contribution in [2.24, 2.45) is 0 Å². The van der Waals surface area contributed by atoms with Crippen LogP contribution in [0.4, 0.5) is 10.1 Å². The predicted octanol–water partition coefficient (Wildman–Crippen LogP) is 4.44. The number of aromatic nitrogens is 1. The molecule has 4 N–H and O–H groups in total. The van der Waals surface area contributed by atoms with Gasteiger partial charge in [-0.25, -0.2) is 4.39 Å². The number of ether oxygens (including phenoxy) is 2. The van der Waals surface area contributed by atoms with E-state index in [0.29, 0.717) is 33.8 Å². The van der Waals surface area contributed by atoms with Crippen molar-refractivity contribution in [3.8, 4) is 17.2 Å². The molecule has 2 atom stereocenters. The fraction of sp³-hybridized carbons (Fsp3) is 0.200. The van der Waals surface area contributed by atoms with Crippen molar-refractivity contribution in [3.63, 3.8) is 0 Å². The summed E-state index contributed by atoms with van der Waals surface area (Å²) in [5, 5.41) is 18.9. The molecule has 2 amide bonds. The Morgan fingerprint density at radius 1 is 1.07 bits per heavy atom. The van der Waals surface area contributed by atoms with Crippen molar-refractivity contribution >= 4 is 57.5 Å². The highest BCUT2D eigenvalue weighted by Crippen LogP contribution is 2.35.